The summed E-state index contributed by atoms with van der Waals surface area (Å²) in [5.74, 6) is -0.895. The molecule has 1 aliphatic rings. The number of carbonyl (C=O) groups is 1. The summed E-state index contributed by atoms with van der Waals surface area (Å²) in [6.45, 7) is 4.66. The van der Waals surface area contributed by atoms with Gasteiger partial charge in [-0.2, -0.15) is 0 Å². The molecule has 0 aliphatic carbocycles. The van der Waals surface area contributed by atoms with Gasteiger partial charge in [0, 0.05) is 6.04 Å². The maximum atomic E-state index is 10.2. The summed E-state index contributed by atoms with van der Waals surface area (Å²) in [6, 6.07) is 0.349. The number of likely N-dealkylation sites (tertiary alicyclic amines) is 1. The smallest absolute Gasteiger partial charge is 0.329 e. The average molecular weight is 187 g/mol. The van der Waals surface area contributed by atoms with E-state index >= 15 is 0 Å². The largest absolute Gasteiger partial charge is 0.480 e. The summed E-state index contributed by atoms with van der Waals surface area (Å²) in [5.41, 5.74) is 0. The highest BCUT2D eigenvalue weighted by atomic mass is 16.5. The maximum absolute atomic E-state index is 10.2. The molecule has 0 radical (unpaired) electrons. The van der Waals surface area contributed by atoms with Crippen molar-refractivity contribution in [1.82, 2.24) is 4.90 Å². The first-order valence-electron chi connectivity index (χ1n) is 4.73. The fraction of sp³-hybridized carbons (Fsp3) is 0.889. The van der Waals surface area contributed by atoms with Crippen LogP contribution in [0.2, 0.25) is 0 Å². The number of carboxylic acid groups (broad SMARTS) is 1. The molecule has 0 unspecified atom stereocenters. The summed E-state index contributed by atoms with van der Waals surface area (Å²) in [7, 11) is 0. The van der Waals surface area contributed by atoms with E-state index in [9.17, 15) is 4.79 Å². The Balaban J connectivity index is 2.09. The van der Waals surface area contributed by atoms with E-state index in [2.05, 4.69) is 11.8 Å². The number of hydrogen-bond acceptors (Lipinski definition) is 3. The third kappa shape index (κ3) is 3.74. The first-order chi connectivity index (χ1) is 6.20. The Kier molecular flexibility index (Phi) is 4.18. The van der Waals surface area contributed by atoms with Crippen LogP contribution in [0.1, 0.15) is 19.8 Å². The summed E-state index contributed by atoms with van der Waals surface area (Å²) in [6.07, 6.45) is 2.51. The lowest BCUT2D eigenvalue weighted by Crippen LogP contribution is -2.34. The van der Waals surface area contributed by atoms with E-state index in [-0.39, 0.29) is 6.61 Å². The standard InChI is InChI=1S/C9H17NO3/c1-8(6-13-7-9(11)12)10-4-2-3-5-10/h8H,2-7H2,1H3,(H,11,12)/t8-/m0/s1. The van der Waals surface area contributed by atoms with Crippen molar-refractivity contribution in [2.75, 3.05) is 26.3 Å². The highest BCUT2D eigenvalue weighted by Gasteiger charge is 2.17. The number of carboxylic acids is 1. The molecule has 0 aromatic carbocycles. The number of nitrogens with zero attached hydrogens (tertiary/aromatic N) is 1. The van der Waals surface area contributed by atoms with E-state index in [0.29, 0.717) is 12.6 Å². The van der Waals surface area contributed by atoms with Crippen molar-refractivity contribution in [3.63, 3.8) is 0 Å². The van der Waals surface area contributed by atoms with Crippen LogP contribution in [0.3, 0.4) is 0 Å². The van der Waals surface area contributed by atoms with Gasteiger partial charge < -0.3 is 9.84 Å². The molecule has 0 spiro atoms. The van der Waals surface area contributed by atoms with Gasteiger partial charge in [-0.3, -0.25) is 4.90 Å². The molecule has 76 valence electrons. The zero-order valence-electron chi connectivity index (χ0n) is 8.03. The van der Waals surface area contributed by atoms with E-state index in [1.54, 1.807) is 0 Å². The lowest BCUT2D eigenvalue weighted by atomic mass is 10.3. The quantitative estimate of drug-likeness (QED) is 0.683. The Morgan fingerprint density at radius 1 is 1.54 bits per heavy atom. The van der Waals surface area contributed by atoms with Crippen LogP contribution >= 0.6 is 0 Å². The second kappa shape index (κ2) is 5.19. The van der Waals surface area contributed by atoms with E-state index < -0.39 is 5.97 Å². The molecule has 0 saturated carbocycles. The van der Waals surface area contributed by atoms with Gasteiger partial charge >= 0.3 is 5.97 Å². The van der Waals surface area contributed by atoms with Gasteiger partial charge in [0.2, 0.25) is 0 Å². The Bertz CT molecular complexity index is 166. The normalized spacial score (nSPS) is 20.4. The third-order valence-corrected chi connectivity index (χ3v) is 2.35. The lowest BCUT2D eigenvalue weighted by molar-refractivity contribution is -0.142. The lowest BCUT2D eigenvalue weighted by Gasteiger charge is -2.22. The minimum absolute atomic E-state index is 0.182. The van der Waals surface area contributed by atoms with E-state index in [1.165, 1.54) is 12.8 Å². The van der Waals surface area contributed by atoms with E-state index in [4.69, 9.17) is 9.84 Å². The molecule has 0 amide bonds. The molecule has 1 rings (SSSR count). The molecule has 1 saturated heterocycles. The first-order valence-corrected chi connectivity index (χ1v) is 4.73. The minimum Gasteiger partial charge on any atom is -0.480 e. The highest BCUT2D eigenvalue weighted by Crippen LogP contribution is 2.11. The Morgan fingerprint density at radius 2 is 2.15 bits per heavy atom. The van der Waals surface area contributed by atoms with Crippen molar-refractivity contribution in [1.29, 1.82) is 0 Å². The fourth-order valence-electron chi connectivity index (χ4n) is 1.60. The van der Waals surface area contributed by atoms with Crippen LogP contribution < -0.4 is 0 Å². The molecule has 4 nitrogen and oxygen atoms in total. The molecular weight excluding hydrogens is 170 g/mol. The molecule has 4 heteroatoms. The van der Waals surface area contributed by atoms with Crippen LogP contribution in [0.4, 0.5) is 0 Å². The summed E-state index contributed by atoms with van der Waals surface area (Å²) < 4.78 is 5.03. The monoisotopic (exact) mass is 187 g/mol. The van der Waals surface area contributed by atoms with Gasteiger partial charge in [0.15, 0.2) is 0 Å². The van der Waals surface area contributed by atoms with Gasteiger partial charge in [-0.15, -0.1) is 0 Å². The van der Waals surface area contributed by atoms with Crippen LogP contribution in [0.15, 0.2) is 0 Å². The topological polar surface area (TPSA) is 49.8 Å². The van der Waals surface area contributed by atoms with Crippen molar-refractivity contribution in [3.8, 4) is 0 Å². The Labute approximate surface area is 78.5 Å². The molecule has 1 aliphatic heterocycles. The van der Waals surface area contributed by atoms with Gasteiger partial charge in [0.1, 0.15) is 6.61 Å². The predicted octanol–water partition coefficient (Wildman–Crippen LogP) is 0.572. The minimum atomic E-state index is -0.895. The van der Waals surface area contributed by atoms with E-state index in [1.807, 2.05) is 0 Å². The third-order valence-electron chi connectivity index (χ3n) is 2.35. The highest BCUT2D eigenvalue weighted by molar-refractivity contribution is 5.67. The zero-order valence-corrected chi connectivity index (χ0v) is 8.03. The number of aliphatic carboxylic acids is 1. The van der Waals surface area contributed by atoms with Gasteiger partial charge in [-0.05, 0) is 32.9 Å². The molecular formula is C9H17NO3. The average Bonchev–Trinajstić information content (AvgIpc) is 2.55. The second-order valence-corrected chi connectivity index (χ2v) is 3.50. The molecule has 1 heterocycles. The second-order valence-electron chi connectivity index (χ2n) is 3.50. The number of ether oxygens (including phenoxy) is 1. The van der Waals surface area contributed by atoms with Crippen molar-refractivity contribution >= 4 is 5.97 Å². The fourth-order valence-corrected chi connectivity index (χ4v) is 1.60. The van der Waals surface area contributed by atoms with Crippen molar-refractivity contribution in [2.45, 2.75) is 25.8 Å². The molecule has 0 aromatic heterocycles. The molecule has 1 atom stereocenters. The molecule has 1 N–H and O–H groups in total. The number of hydrogen-bond donors (Lipinski definition) is 1. The Hall–Kier alpha value is -0.610. The number of rotatable bonds is 5. The van der Waals surface area contributed by atoms with Crippen molar-refractivity contribution in [2.24, 2.45) is 0 Å². The molecule has 0 bridgehead atoms. The van der Waals surface area contributed by atoms with Crippen LogP contribution in [-0.2, 0) is 9.53 Å². The van der Waals surface area contributed by atoms with Gasteiger partial charge in [-0.25, -0.2) is 4.79 Å². The Morgan fingerprint density at radius 3 is 2.69 bits per heavy atom. The molecule has 13 heavy (non-hydrogen) atoms. The van der Waals surface area contributed by atoms with Crippen molar-refractivity contribution in [3.05, 3.63) is 0 Å². The van der Waals surface area contributed by atoms with Crippen molar-refractivity contribution < 1.29 is 14.6 Å². The summed E-state index contributed by atoms with van der Waals surface area (Å²) >= 11 is 0. The van der Waals surface area contributed by atoms with Crippen LogP contribution in [0.25, 0.3) is 0 Å². The molecule has 0 aromatic rings. The zero-order chi connectivity index (χ0) is 9.68. The maximum Gasteiger partial charge on any atom is 0.329 e. The van der Waals surface area contributed by atoms with E-state index in [0.717, 1.165) is 13.1 Å². The van der Waals surface area contributed by atoms with Gasteiger partial charge in [0.05, 0.1) is 6.61 Å². The van der Waals surface area contributed by atoms with Crippen LogP contribution in [0, 0.1) is 0 Å². The summed E-state index contributed by atoms with van der Waals surface area (Å²) in [5, 5.41) is 8.35. The predicted molar refractivity (Wildman–Crippen MR) is 48.7 cm³/mol. The van der Waals surface area contributed by atoms with Crippen LogP contribution in [-0.4, -0.2) is 48.3 Å². The SMILES string of the molecule is C[C@@H](COCC(=O)O)N1CCCC1. The van der Waals surface area contributed by atoms with Crippen LogP contribution in [0.5, 0.6) is 0 Å². The molecule has 1 fully saturated rings. The van der Waals surface area contributed by atoms with Gasteiger partial charge in [0.25, 0.3) is 0 Å². The first kappa shape index (κ1) is 10.5. The summed E-state index contributed by atoms with van der Waals surface area (Å²) in [4.78, 5) is 12.5. The van der Waals surface area contributed by atoms with Gasteiger partial charge in [-0.1, -0.05) is 0 Å².